The summed E-state index contributed by atoms with van der Waals surface area (Å²) in [5, 5.41) is 5.88. The molecule has 2 N–H and O–H groups in total. The molecule has 8 heteroatoms. The number of aromatic nitrogens is 2. The molecule has 0 saturated carbocycles. The Morgan fingerprint density at radius 2 is 2.07 bits per heavy atom. The summed E-state index contributed by atoms with van der Waals surface area (Å²) in [5.41, 5.74) is 2.65. The van der Waals surface area contributed by atoms with Crippen molar-refractivity contribution in [3.05, 3.63) is 77.3 Å². The first-order valence-corrected chi connectivity index (χ1v) is 10.00. The average molecular weight is 408 g/mol. The number of oxazole rings is 1. The topological polar surface area (TPSA) is 98.4 Å². The number of amides is 2. The Balaban J connectivity index is 1.55. The van der Waals surface area contributed by atoms with Gasteiger partial charge in [0, 0.05) is 6.54 Å². The Morgan fingerprint density at radius 1 is 1.23 bits per heavy atom. The van der Waals surface area contributed by atoms with Gasteiger partial charge in [0.15, 0.2) is 0 Å². The van der Waals surface area contributed by atoms with Crippen molar-refractivity contribution in [1.29, 1.82) is 0 Å². The number of fused-ring (bicyclic) bond motifs is 1. The van der Waals surface area contributed by atoms with Crippen molar-refractivity contribution in [1.82, 2.24) is 20.2 Å². The molecule has 2 amide bonds. The van der Waals surface area contributed by atoms with E-state index in [4.69, 9.17) is 9.15 Å². The van der Waals surface area contributed by atoms with E-state index < -0.39 is 0 Å². The highest BCUT2D eigenvalue weighted by atomic mass is 16.5. The highest BCUT2D eigenvalue weighted by molar-refractivity contribution is 6.00. The third-order valence-corrected chi connectivity index (χ3v) is 5.18. The Labute approximate surface area is 174 Å². The van der Waals surface area contributed by atoms with E-state index in [0.29, 0.717) is 36.0 Å². The Bertz CT molecular complexity index is 1010. The highest BCUT2D eigenvalue weighted by Gasteiger charge is 2.27. The molecule has 156 valence electrons. The van der Waals surface area contributed by atoms with E-state index >= 15 is 0 Å². The predicted molar refractivity (Wildman–Crippen MR) is 109 cm³/mol. The van der Waals surface area contributed by atoms with E-state index in [1.54, 1.807) is 6.07 Å². The molecular formula is C22H24N4O4. The van der Waals surface area contributed by atoms with Gasteiger partial charge in [-0.15, -0.1) is 0 Å². The molecule has 2 aromatic heterocycles. The summed E-state index contributed by atoms with van der Waals surface area (Å²) in [4.78, 5) is 29.9. The zero-order chi connectivity index (χ0) is 20.9. The number of carbonyl (C=O) groups is 2. The van der Waals surface area contributed by atoms with Crippen LogP contribution in [0.5, 0.6) is 0 Å². The first-order valence-electron chi connectivity index (χ1n) is 10.00. The van der Waals surface area contributed by atoms with Crippen molar-refractivity contribution in [2.75, 3.05) is 6.61 Å². The van der Waals surface area contributed by atoms with Gasteiger partial charge in [0.1, 0.15) is 12.0 Å². The van der Waals surface area contributed by atoms with Crippen molar-refractivity contribution in [3.63, 3.8) is 0 Å². The van der Waals surface area contributed by atoms with Gasteiger partial charge >= 0.3 is 0 Å². The minimum absolute atomic E-state index is 0.110. The van der Waals surface area contributed by atoms with E-state index in [1.165, 1.54) is 12.5 Å². The molecule has 8 nitrogen and oxygen atoms in total. The molecule has 0 bridgehead atoms. The summed E-state index contributed by atoms with van der Waals surface area (Å²) in [5.74, 6) is -0.0825. The van der Waals surface area contributed by atoms with Crippen LogP contribution in [0.4, 0.5) is 0 Å². The van der Waals surface area contributed by atoms with Crippen LogP contribution < -0.4 is 10.6 Å². The van der Waals surface area contributed by atoms with Gasteiger partial charge < -0.3 is 24.4 Å². The van der Waals surface area contributed by atoms with E-state index in [1.807, 2.05) is 41.8 Å². The summed E-state index contributed by atoms with van der Waals surface area (Å²) >= 11 is 0. The van der Waals surface area contributed by atoms with Crippen molar-refractivity contribution >= 4 is 11.8 Å². The largest absolute Gasteiger partial charge is 0.447 e. The van der Waals surface area contributed by atoms with E-state index in [9.17, 15) is 9.59 Å². The molecule has 1 aromatic carbocycles. The average Bonchev–Trinajstić information content (AvgIpc) is 3.44. The van der Waals surface area contributed by atoms with Crippen LogP contribution in [-0.2, 0) is 24.4 Å². The molecule has 0 radical (unpaired) electrons. The van der Waals surface area contributed by atoms with E-state index in [2.05, 4.69) is 15.6 Å². The molecule has 0 fully saturated rings. The second kappa shape index (κ2) is 8.96. The fraction of sp³-hybridized carbons (Fsp3) is 0.318. The van der Waals surface area contributed by atoms with Crippen LogP contribution in [0.1, 0.15) is 57.4 Å². The monoisotopic (exact) mass is 408 g/mol. The zero-order valence-corrected chi connectivity index (χ0v) is 16.8. The van der Waals surface area contributed by atoms with Gasteiger partial charge in [-0.1, -0.05) is 37.3 Å². The van der Waals surface area contributed by atoms with Crippen LogP contribution in [0.15, 0.2) is 53.3 Å². The number of carbonyl (C=O) groups excluding carboxylic acids is 2. The molecule has 30 heavy (non-hydrogen) atoms. The van der Waals surface area contributed by atoms with Crippen LogP contribution in [-0.4, -0.2) is 28.0 Å². The maximum atomic E-state index is 13.1. The normalized spacial score (nSPS) is 14.0. The molecule has 0 spiro atoms. The van der Waals surface area contributed by atoms with Crippen LogP contribution in [0.2, 0.25) is 0 Å². The molecular weight excluding hydrogens is 384 g/mol. The third kappa shape index (κ3) is 4.13. The first kappa shape index (κ1) is 19.9. The molecule has 1 atom stereocenters. The smallest absolute Gasteiger partial charge is 0.268 e. The molecule has 1 unspecified atom stereocenters. The zero-order valence-electron chi connectivity index (χ0n) is 16.8. The summed E-state index contributed by atoms with van der Waals surface area (Å²) in [6.07, 6.45) is 3.74. The lowest BCUT2D eigenvalue weighted by molar-refractivity contribution is 0.0776. The fourth-order valence-corrected chi connectivity index (χ4v) is 3.64. The quantitative estimate of drug-likeness (QED) is 0.626. The molecule has 0 saturated heterocycles. The summed E-state index contributed by atoms with van der Waals surface area (Å²) in [7, 11) is 0. The lowest BCUT2D eigenvalue weighted by atomic mass is 10.0. The maximum Gasteiger partial charge on any atom is 0.268 e. The minimum atomic E-state index is -0.287. The van der Waals surface area contributed by atoms with Gasteiger partial charge in [-0.05, 0) is 18.1 Å². The number of ether oxygens (including phenoxy) is 1. The SMILES string of the molecule is CCC(NC(=O)c1cc(C(=O)NCc2ncco2)n2c1COCC2)c1ccccc1. The number of nitrogens with zero attached hydrogens (tertiary/aromatic N) is 2. The van der Waals surface area contributed by atoms with Crippen molar-refractivity contribution in [3.8, 4) is 0 Å². The standard InChI is InChI=1S/C22H24N4O4/c1-2-17(15-6-4-3-5-7-15)25-21(27)16-12-18(26-9-11-29-14-19(16)26)22(28)24-13-20-23-8-10-30-20/h3-8,10,12,17H,2,9,11,13-14H2,1H3,(H,24,28)(H,25,27). The number of benzene rings is 1. The van der Waals surface area contributed by atoms with Gasteiger partial charge in [-0.2, -0.15) is 0 Å². The van der Waals surface area contributed by atoms with E-state index in [-0.39, 0.29) is 31.0 Å². The third-order valence-electron chi connectivity index (χ3n) is 5.18. The number of rotatable bonds is 7. The maximum absolute atomic E-state index is 13.1. The van der Waals surface area contributed by atoms with Gasteiger partial charge in [0.25, 0.3) is 11.8 Å². The Kier molecular flexibility index (Phi) is 5.94. The number of nitrogens with one attached hydrogen (secondary N) is 2. The molecule has 3 heterocycles. The van der Waals surface area contributed by atoms with Crippen molar-refractivity contribution in [2.45, 2.75) is 39.1 Å². The van der Waals surface area contributed by atoms with Crippen molar-refractivity contribution in [2.24, 2.45) is 0 Å². The number of hydrogen-bond acceptors (Lipinski definition) is 5. The van der Waals surface area contributed by atoms with Crippen LogP contribution in [0.3, 0.4) is 0 Å². The first-order chi connectivity index (χ1) is 14.7. The van der Waals surface area contributed by atoms with Crippen molar-refractivity contribution < 1.29 is 18.7 Å². The second-order valence-corrected chi connectivity index (χ2v) is 7.05. The van der Waals surface area contributed by atoms with Gasteiger partial charge in [0.05, 0.1) is 43.3 Å². The number of hydrogen-bond donors (Lipinski definition) is 2. The van der Waals surface area contributed by atoms with E-state index in [0.717, 1.165) is 12.0 Å². The molecule has 1 aliphatic rings. The minimum Gasteiger partial charge on any atom is -0.447 e. The lowest BCUT2D eigenvalue weighted by Crippen LogP contribution is -2.30. The summed E-state index contributed by atoms with van der Waals surface area (Å²) in [6, 6.07) is 11.4. The van der Waals surface area contributed by atoms with Gasteiger partial charge in [-0.3, -0.25) is 9.59 Å². The second-order valence-electron chi connectivity index (χ2n) is 7.05. The van der Waals surface area contributed by atoms with Crippen LogP contribution >= 0.6 is 0 Å². The Hall–Kier alpha value is -3.39. The van der Waals surface area contributed by atoms with Crippen LogP contribution in [0, 0.1) is 0 Å². The molecule has 0 aliphatic carbocycles. The molecule has 3 aromatic rings. The lowest BCUT2D eigenvalue weighted by Gasteiger charge is -2.20. The van der Waals surface area contributed by atoms with Gasteiger partial charge in [-0.25, -0.2) is 4.98 Å². The Morgan fingerprint density at radius 3 is 2.80 bits per heavy atom. The van der Waals surface area contributed by atoms with Gasteiger partial charge in [0.2, 0.25) is 5.89 Å². The summed E-state index contributed by atoms with van der Waals surface area (Å²) in [6.45, 7) is 3.50. The fourth-order valence-electron chi connectivity index (χ4n) is 3.64. The summed E-state index contributed by atoms with van der Waals surface area (Å²) < 4.78 is 12.6. The van der Waals surface area contributed by atoms with Crippen LogP contribution in [0.25, 0.3) is 0 Å². The molecule has 1 aliphatic heterocycles. The molecule has 4 rings (SSSR count). The highest BCUT2D eigenvalue weighted by Crippen LogP contribution is 2.23. The predicted octanol–water partition coefficient (Wildman–Crippen LogP) is 2.82.